The third-order valence-corrected chi connectivity index (χ3v) is 5.60. The van der Waals surface area contributed by atoms with Crippen LogP contribution in [-0.2, 0) is 9.84 Å². The number of carbonyl (C=O) groups is 1. The largest absolute Gasteiger partial charge is 0.335 e. The lowest BCUT2D eigenvalue weighted by Gasteiger charge is -2.28. The van der Waals surface area contributed by atoms with Crippen molar-refractivity contribution in [2.75, 3.05) is 18.1 Å². The fourth-order valence-corrected chi connectivity index (χ4v) is 4.36. The molecule has 0 aromatic heterocycles. The van der Waals surface area contributed by atoms with Crippen molar-refractivity contribution in [1.29, 1.82) is 0 Å². The molecule has 1 unspecified atom stereocenters. The topological polar surface area (TPSA) is 54.5 Å². The molecule has 1 fully saturated rings. The number of amides is 1. The Labute approximate surface area is 128 Å². The van der Waals surface area contributed by atoms with Crippen molar-refractivity contribution in [3.63, 3.8) is 0 Å². The summed E-state index contributed by atoms with van der Waals surface area (Å²) in [6.45, 7) is 2.36. The maximum atomic E-state index is 13.5. The maximum absolute atomic E-state index is 13.5. The van der Waals surface area contributed by atoms with Gasteiger partial charge < -0.3 is 4.90 Å². The zero-order chi connectivity index (χ0) is 15.6. The molecule has 0 saturated carbocycles. The summed E-state index contributed by atoms with van der Waals surface area (Å²) in [5, 5.41) is -0.0444. The van der Waals surface area contributed by atoms with Crippen LogP contribution in [0.25, 0.3) is 0 Å². The summed E-state index contributed by atoms with van der Waals surface area (Å²) in [4.78, 5) is 14.1. The van der Waals surface area contributed by atoms with Crippen molar-refractivity contribution in [2.45, 2.75) is 25.8 Å². The van der Waals surface area contributed by atoms with Crippen LogP contribution in [0.5, 0.6) is 0 Å². The molecular formula is C14H17ClFNO3S. The van der Waals surface area contributed by atoms with Crippen LogP contribution in [0.3, 0.4) is 0 Å². The van der Waals surface area contributed by atoms with Crippen LogP contribution in [-0.4, -0.2) is 43.3 Å². The van der Waals surface area contributed by atoms with Gasteiger partial charge in [0.2, 0.25) is 0 Å². The first-order chi connectivity index (χ1) is 9.84. The molecule has 1 atom stereocenters. The van der Waals surface area contributed by atoms with E-state index in [1.807, 2.05) is 6.92 Å². The highest BCUT2D eigenvalue weighted by atomic mass is 35.5. The summed E-state index contributed by atoms with van der Waals surface area (Å²) in [6, 6.07) is 3.55. The van der Waals surface area contributed by atoms with Crippen molar-refractivity contribution in [1.82, 2.24) is 4.90 Å². The van der Waals surface area contributed by atoms with E-state index < -0.39 is 15.7 Å². The van der Waals surface area contributed by atoms with Crippen LogP contribution in [0.15, 0.2) is 18.2 Å². The Hall–Kier alpha value is -1.14. The van der Waals surface area contributed by atoms with Crippen LogP contribution in [0.2, 0.25) is 5.02 Å². The minimum atomic E-state index is -3.08. The Kier molecular flexibility index (Phi) is 4.88. The molecule has 1 saturated heterocycles. The summed E-state index contributed by atoms with van der Waals surface area (Å²) in [5.41, 5.74) is 0.189. The molecule has 0 radical (unpaired) electrons. The molecule has 1 aromatic carbocycles. The first-order valence-electron chi connectivity index (χ1n) is 6.80. The lowest BCUT2D eigenvalue weighted by atomic mass is 10.1. The van der Waals surface area contributed by atoms with Gasteiger partial charge in [0.05, 0.1) is 16.5 Å². The molecule has 0 bridgehead atoms. The number of hydrogen-bond acceptors (Lipinski definition) is 3. The second-order valence-corrected chi connectivity index (χ2v) is 7.82. The molecule has 4 nitrogen and oxygen atoms in total. The quantitative estimate of drug-likeness (QED) is 0.850. The Bertz CT molecular complexity index is 648. The van der Waals surface area contributed by atoms with Crippen molar-refractivity contribution >= 4 is 27.3 Å². The summed E-state index contributed by atoms with van der Waals surface area (Å²) in [5.74, 6) is -0.929. The van der Waals surface area contributed by atoms with E-state index in [0.717, 1.165) is 6.07 Å². The summed E-state index contributed by atoms with van der Waals surface area (Å²) in [6.07, 6.45) is 1.14. The molecule has 1 aliphatic rings. The Balaban J connectivity index is 2.25. The molecule has 2 rings (SSSR count). The highest BCUT2D eigenvalue weighted by molar-refractivity contribution is 7.91. The van der Waals surface area contributed by atoms with E-state index in [1.54, 1.807) is 0 Å². The predicted molar refractivity (Wildman–Crippen MR) is 79.8 cm³/mol. The van der Waals surface area contributed by atoms with E-state index in [1.165, 1.54) is 17.0 Å². The first kappa shape index (κ1) is 16.2. The molecule has 7 heteroatoms. The number of rotatable bonds is 4. The molecule has 21 heavy (non-hydrogen) atoms. The lowest BCUT2D eigenvalue weighted by molar-refractivity contribution is 0.0696. The lowest BCUT2D eigenvalue weighted by Crippen LogP contribution is -2.41. The fourth-order valence-electron chi connectivity index (χ4n) is 2.51. The van der Waals surface area contributed by atoms with Gasteiger partial charge in [0.15, 0.2) is 9.84 Å². The second-order valence-electron chi connectivity index (χ2n) is 5.18. The fraction of sp³-hybridized carbons (Fsp3) is 0.500. The molecule has 0 spiro atoms. The first-order valence-corrected chi connectivity index (χ1v) is 9.00. The zero-order valence-electron chi connectivity index (χ0n) is 11.7. The SMILES string of the molecule is CCCN(C(=O)c1ccc(Cl)c(F)c1)C1CCS(=O)(=O)C1. The molecular weight excluding hydrogens is 317 g/mol. The number of halogens is 2. The van der Waals surface area contributed by atoms with E-state index in [-0.39, 0.29) is 34.0 Å². The van der Waals surface area contributed by atoms with Gasteiger partial charge in [0, 0.05) is 18.2 Å². The van der Waals surface area contributed by atoms with E-state index in [4.69, 9.17) is 11.6 Å². The Morgan fingerprint density at radius 1 is 1.48 bits per heavy atom. The van der Waals surface area contributed by atoms with Crippen molar-refractivity contribution in [2.24, 2.45) is 0 Å². The normalized spacial score (nSPS) is 20.4. The number of sulfone groups is 1. The molecule has 116 valence electrons. The standard InChI is InChI=1S/C14H17ClFNO3S/c1-2-6-17(11-5-7-21(19,20)9-11)14(18)10-3-4-12(15)13(16)8-10/h3-4,8,11H,2,5-7,9H2,1H3. The van der Waals surface area contributed by atoms with Crippen molar-refractivity contribution in [3.05, 3.63) is 34.6 Å². The summed E-state index contributed by atoms with van der Waals surface area (Å²) >= 11 is 5.61. The number of carbonyl (C=O) groups excluding carboxylic acids is 1. The van der Waals surface area contributed by atoms with Crippen LogP contribution < -0.4 is 0 Å². The van der Waals surface area contributed by atoms with Gasteiger partial charge >= 0.3 is 0 Å². The van der Waals surface area contributed by atoms with Gasteiger partial charge in [-0.2, -0.15) is 0 Å². The van der Waals surface area contributed by atoms with E-state index >= 15 is 0 Å². The van der Waals surface area contributed by atoms with Crippen LogP contribution in [0, 0.1) is 5.82 Å². The molecule has 1 heterocycles. The van der Waals surface area contributed by atoms with Crippen molar-refractivity contribution < 1.29 is 17.6 Å². The minimum Gasteiger partial charge on any atom is -0.335 e. The number of benzene rings is 1. The van der Waals surface area contributed by atoms with E-state index in [2.05, 4.69) is 0 Å². The van der Waals surface area contributed by atoms with E-state index in [0.29, 0.717) is 19.4 Å². The minimum absolute atomic E-state index is 0.0190. The van der Waals surface area contributed by atoms with E-state index in [9.17, 15) is 17.6 Å². The molecule has 1 aromatic rings. The van der Waals surface area contributed by atoms with Gasteiger partial charge in [-0.3, -0.25) is 4.79 Å². The van der Waals surface area contributed by atoms with Gasteiger partial charge in [-0.25, -0.2) is 12.8 Å². The van der Waals surface area contributed by atoms with Gasteiger partial charge in [-0.1, -0.05) is 18.5 Å². The maximum Gasteiger partial charge on any atom is 0.254 e. The van der Waals surface area contributed by atoms with Gasteiger partial charge in [-0.15, -0.1) is 0 Å². The zero-order valence-corrected chi connectivity index (χ0v) is 13.3. The van der Waals surface area contributed by atoms with Crippen LogP contribution >= 0.6 is 11.6 Å². The highest BCUT2D eigenvalue weighted by Gasteiger charge is 2.34. The second kappa shape index (κ2) is 6.32. The molecule has 0 aliphatic carbocycles. The Morgan fingerprint density at radius 2 is 2.19 bits per heavy atom. The van der Waals surface area contributed by atoms with Crippen molar-refractivity contribution in [3.8, 4) is 0 Å². The Morgan fingerprint density at radius 3 is 2.71 bits per heavy atom. The predicted octanol–water partition coefficient (Wildman–Crippen LogP) is 2.52. The summed E-state index contributed by atoms with van der Waals surface area (Å²) < 4.78 is 36.7. The van der Waals surface area contributed by atoms with Crippen LogP contribution in [0.4, 0.5) is 4.39 Å². The third-order valence-electron chi connectivity index (χ3n) is 3.54. The monoisotopic (exact) mass is 333 g/mol. The van der Waals surface area contributed by atoms with Gasteiger partial charge in [0.1, 0.15) is 5.82 Å². The molecule has 0 N–H and O–H groups in total. The number of hydrogen-bond donors (Lipinski definition) is 0. The third kappa shape index (κ3) is 3.74. The molecule has 1 amide bonds. The molecule has 1 aliphatic heterocycles. The smallest absolute Gasteiger partial charge is 0.254 e. The average Bonchev–Trinajstić information content (AvgIpc) is 2.78. The van der Waals surface area contributed by atoms with Crippen LogP contribution in [0.1, 0.15) is 30.1 Å². The van der Waals surface area contributed by atoms with Gasteiger partial charge in [0.25, 0.3) is 5.91 Å². The number of nitrogens with zero attached hydrogens (tertiary/aromatic N) is 1. The summed E-state index contributed by atoms with van der Waals surface area (Å²) in [7, 11) is -3.08. The highest BCUT2D eigenvalue weighted by Crippen LogP contribution is 2.22. The average molecular weight is 334 g/mol. The van der Waals surface area contributed by atoms with Gasteiger partial charge in [-0.05, 0) is 31.0 Å².